The summed E-state index contributed by atoms with van der Waals surface area (Å²) in [6.45, 7) is 0.964. The van der Waals surface area contributed by atoms with E-state index < -0.39 is 32.0 Å². The lowest BCUT2D eigenvalue weighted by Gasteiger charge is -2.41. The summed E-state index contributed by atoms with van der Waals surface area (Å²) in [5.41, 5.74) is 0. The van der Waals surface area contributed by atoms with Crippen LogP contribution in [0.5, 0.6) is 0 Å². The maximum atomic E-state index is 13.4. The van der Waals surface area contributed by atoms with Crippen molar-refractivity contribution in [3.8, 4) is 0 Å². The van der Waals surface area contributed by atoms with Gasteiger partial charge < -0.3 is 9.64 Å². The van der Waals surface area contributed by atoms with Crippen LogP contribution in [0.25, 0.3) is 0 Å². The van der Waals surface area contributed by atoms with Crippen LogP contribution >= 0.6 is 0 Å². The number of morpholine rings is 1. The molecule has 32 heavy (non-hydrogen) atoms. The number of carbonyl (C=O) groups excluding carboxylic acids is 1. The first-order chi connectivity index (χ1) is 15.3. The van der Waals surface area contributed by atoms with E-state index in [2.05, 4.69) is 0 Å². The van der Waals surface area contributed by atoms with Gasteiger partial charge in [0.25, 0.3) is 0 Å². The second-order valence-electron chi connectivity index (χ2n) is 7.56. The molecule has 0 bridgehead atoms. The molecule has 2 heterocycles. The number of hydrogen-bond donors (Lipinski definition) is 0. The van der Waals surface area contributed by atoms with Gasteiger partial charge in [0.05, 0.1) is 23.0 Å². The smallest absolute Gasteiger partial charge is 0.243 e. The van der Waals surface area contributed by atoms with Gasteiger partial charge in [-0.25, -0.2) is 16.8 Å². The highest BCUT2D eigenvalue weighted by Gasteiger charge is 2.44. The van der Waals surface area contributed by atoms with Gasteiger partial charge in [-0.2, -0.15) is 8.61 Å². The van der Waals surface area contributed by atoms with Crippen molar-refractivity contribution in [1.29, 1.82) is 0 Å². The number of amides is 1. The third kappa shape index (κ3) is 4.44. The summed E-state index contributed by atoms with van der Waals surface area (Å²) in [7, 11) is -7.87. The average molecular weight is 480 g/mol. The minimum atomic E-state index is -4.00. The Kier molecular flexibility index (Phi) is 6.63. The first kappa shape index (κ1) is 22.9. The molecule has 11 heteroatoms. The van der Waals surface area contributed by atoms with Crippen LogP contribution in [0.15, 0.2) is 70.5 Å². The van der Waals surface area contributed by atoms with Crippen LogP contribution in [0.2, 0.25) is 0 Å². The summed E-state index contributed by atoms with van der Waals surface area (Å²) in [5, 5.41) is 0. The van der Waals surface area contributed by atoms with Crippen molar-refractivity contribution < 1.29 is 26.4 Å². The molecule has 0 aliphatic carbocycles. The molecule has 1 atom stereocenters. The SMILES string of the molecule is O=C([C@H]1CN(S(=O)(=O)c2ccccc2)CCN1S(=O)(=O)c1ccccc1)N1CCOCC1. The lowest BCUT2D eigenvalue weighted by atomic mass is 10.2. The largest absolute Gasteiger partial charge is 0.378 e. The Labute approximate surface area is 188 Å². The Hall–Kier alpha value is -2.31. The van der Waals surface area contributed by atoms with Crippen LogP contribution in [-0.2, 0) is 29.6 Å². The maximum absolute atomic E-state index is 13.4. The van der Waals surface area contributed by atoms with E-state index in [0.717, 1.165) is 4.31 Å². The van der Waals surface area contributed by atoms with E-state index >= 15 is 0 Å². The van der Waals surface area contributed by atoms with Gasteiger partial charge in [-0.15, -0.1) is 0 Å². The van der Waals surface area contributed by atoms with Crippen molar-refractivity contribution in [2.24, 2.45) is 0 Å². The molecule has 2 aliphatic heterocycles. The maximum Gasteiger partial charge on any atom is 0.243 e. The zero-order valence-corrected chi connectivity index (χ0v) is 19.0. The van der Waals surface area contributed by atoms with Gasteiger partial charge in [0.2, 0.25) is 26.0 Å². The fourth-order valence-corrected chi connectivity index (χ4v) is 6.96. The van der Waals surface area contributed by atoms with Crippen molar-refractivity contribution in [2.75, 3.05) is 45.9 Å². The molecule has 0 spiro atoms. The van der Waals surface area contributed by atoms with Crippen LogP contribution in [-0.4, -0.2) is 88.2 Å². The summed E-state index contributed by atoms with van der Waals surface area (Å²) >= 11 is 0. The molecule has 9 nitrogen and oxygen atoms in total. The van der Waals surface area contributed by atoms with Crippen molar-refractivity contribution in [1.82, 2.24) is 13.5 Å². The lowest BCUT2D eigenvalue weighted by Crippen LogP contribution is -2.62. The van der Waals surface area contributed by atoms with Crippen molar-refractivity contribution in [3.63, 3.8) is 0 Å². The molecule has 4 rings (SSSR count). The third-order valence-corrected chi connectivity index (χ3v) is 9.43. The molecular formula is C21H25N3O6S2. The number of sulfonamides is 2. The Morgan fingerprint density at radius 2 is 1.28 bits per heavy atom. The second kappa shape index (κ2) is 9.28. The molecule has 0 saturated carbocycles. The molecular weight excluding hydrogens is 454 g/mol. The molecule has 2 fully saturated rings. The quantitative estimate of drug-likeness (QED) is 0.622. The van der Waals surface area contributed by atoms with E-state index in [1.54, 1.807) is 41.3 Å². The summed E-state index contributed by atoms with van der Waals surface area (Å²) in [5.74, 6) is -0.416. The number of rotatable bonds is 5. The van der Waals surface area contributed by atoms with E-state index in [0.29, 0.717) is 26.3 Å². The molecule has 0 radical (unpaired) electrons. The number of carbonyl (C=O) groups is 1. The van der Waals surface area contributed by atoms with Crippen LogP contribution in [0.1, 0.15) is 0 Å². The highest BCUT2D eigenvalue weighted by Crippen LogP contribution is 2.26. The van der Waals surface area contributed by atoms with Crippen LogP contribution in [0.3, 0.4) is 0 Å². The zero-order valence-electron chi connectivity index (χ0n) is 17.4. The van der Waals surface area contributed by atoms with Crippen LogP contribution in [0.4, 0.5) is 0 Å². The van der Waals surface area contributed by atoms with Gasteiger partial charge in [-0.05, 0) is 24.3 Å². The van der Waals surface area contributed by atoms with E-state index in [4.69, 9.17) is 4.74 Å². The molecule has 0 N–H and O–H groups in total. The Balaban J connectivity index is 1.68. The Morgan fingerprint density at radius 1 is 0.750 bits per heavy atom. The Bertz CT molecular complexity index is 1150. The minimum absolute atomic E-state index is 0.0455. The third-order valence-electron chi connectivity index (χ3n) is 5.63. The predicted octanol–water partition coefficient (Wildman–Crippen LogP) is 0.609. The topological polar surface area (TPSA) is 104 Å². The van der Waals surface area contributed by atoms with Gasteiger partial charge in [0, 0.05) is 32.7 Å². The van der Waals surface area contributed by atoms with Crippen LogP contribution < -0.4 is 0 Å². The summed E-state index contributed by atoms with van der Waals surface area (Å²) < 4.78 is 60.7. The molecule has 0 unspecified atom stereocenters. The predicted molar refractivity (Wildman–Crippen MR) is 117 cm³/mol. The number of hydrogen-bond acceptors (Lipinski definition) is 6. The zero-order chi connectivity index (χ0) is 22.8. The van der Waals surface area contributed by atoms with E-state index in [1.807, 2.05) is 0 Å². The first-order valence-corrected chi connectivity index (χ1v) is 13.2. The summed E-state index contributed by atoms with van der Waals surface area (Å²) in [6.07, 6.45) is 0. The minimum Gasteiger partial charge on any atom is -0.378 e. The number of ether oxygens (including phenoxy) is 1. The monoisotopic (exact) mass is 479 g/mol. The summed E-state index contributed by atoms with van der Waals surface area (Å²) in [4.78, 5) is 15.1. The molecule has 172 valence electrons. The van der Waals surface area contributed by atoms with Gasteiger partial charge in [-0.1, -0.05) is 36.4 Å². The molecule has 2 aliphatic rings. The Morgan fingerprint density at radius 3 is 1.84 bits per heavy atom. The first-order valence-electron chi connectivity index (χ1n) is 10.3. The van der Waals surface area contributed by atoms with Gasteiger partial charge >= 0.3 is 0 Å². The molecule has 2 aromatic rings. The van der Waals surface area contributed by atoms with E-state index in [9.17, 15) is 21.6 Å². The molecule has 2 saturated heterocycles. The number of benzene rings is 2. The molecule has 2 aromatic carbocycles. The van der Waals surface area contributed by atoms with Gasteiger partial charge in [0.1, 0.15) is 6.04 Å². The lowest BCUT2D eigenvalue weighted by molar-refractivity contribution is -0.140. The fraction of sp³-hybridized carbons (Fsp3) is 0.381. The van der Waals surface area contributed by atoms with E-state index in [1.165, 1.54) is 28.6 Å². The highest BCUT2D eigenvalue weighted by molar-refractivity contribution is 7.89. The number of piperazine rings is 1. The summed E-state index contributed by atoms with van der Waals surface area (Å²) in [6, 6.07) is 14.7. The normalized spacial score (nSPS) is 21.4. The second-order valence-corrected chi connectivity index (χ2v) is 11.4. The average Bonchev–Trinajstić information content (AvgIpc) is 2.85. The highest BCUT2D eigenvalue weighted by atomic mass is 32.2. The van der Waals surface area contributed by atoms with Crippen molar-refractivity contribution in [2.45, 2.75) is 15.8 Å². The van der Waals surface area contributed by atoms with Gasteiger partial charge in [0.15, 0.2) is 0 Å². The molecule has 1 amide bonds. The van der Waals surface area contributed by atoms with Crippen molar-refractivity contribution in [3.05, 3.63) is 60.7 Å². The standard InChI is InChI=1S/C21H25N3O6S2/c25-21(22-13-15-30-16-14-22)20-17-23(31(26,27)18-7-3-1-4-8-18)11-12-24(20)32(28,29)19-9-5-2-6-10-19/h1-10,20H,11-17H2/t20-/m1/s1. The number of nitrogens with zero attached hydrogens (tertiary/aromatic N) is 3. The van der Waals surface area contributed by atoms with Crippen LogP contribution in [0, 0.1) is 0 Å². The van der Waals surface area contributed by atoms with Gasteiger partial charge in [-0.3, -0.25) is 4.79 Å². The van der Waals surface area contributed by atoms with Crippen molar-refractivity contribution >= 4 is 26.0 Å². The van der Waals surface area contributed by atoms with E-state index in [-0.39, 0.29) is 29.4 Å². The fourth-order valence-electron chi connectivity index (χ4n) is 3.91. The molecule has 0 aromatic heterocycles.